The second-order valence-electron chi connectivity index (χ2n) is 9.94. The van der Waals surface area contributed by atoms with Crippen LogP contribution in [0, 0.1) is 5.92 Å². The van der Waals surface area contributed by atoms with Crippen molar-refractivity contribution in [1.29, 1.82) is 0 Å². The van der Waals surface area contributed by atoms with Gasteiger partial charge in [0.25, 0.3) is 0 Å². The van der Waals surface area contributed by atoms with Crippen molar-refractivity contribution in [3.05, 3.63) is 40.7 Å². The highest BCUT2D eigenvalue weighted by Crippen LogP contribution is 2.28. The summed E-state index contributed by atoms with van der Waals surface area (Å²) in [6, 6.07) is 6.38. The molecule has 0 aliphatic heterocycles. The van der Waals surface area contributed by atoms with Crippen LogP contribution in [-0.2, 0) is 16.0 Å². The number of primary amides is 1. The molecule has 3 rings (SSSR count). The van der Waals surface area contributed by atoms with Crippen LogP contribution in [0.1, 0.15) is 82.2 Å². The first-order valence-electron chi connectivity index (χ1n) is 13.2. The average molecular weight is 533 g/mol. The van der Waals surface area contributed by atoms with E-state index < -0.39 is 0 Å². The lowest BCUT2D eigenvalue weighted by Gasteiger charge is -2.33. The molecule has 1 aromatic carbocycles. The first-order valence-corrected chi connectivity index (χ1v) is 14.0. The maximum Gasteiger partial charge on any atom is 0.220 e. The number of amides is 2. The minimum absolute atomic E-state index is 0.0233. The molecule has 1 aliphatic carbocycles. The van der Waals surface area contributed by atoms with Gasteiger partial charge in [-0.05, 0) is 42.4 Å². The van der Waals surface area contributed by atoms with Gasteiger partial charge in [0, 0.05) is 25.5 Å². The summed E-state index contributed by atoms with van der Waals surface area (Å²) >= 11 is 1.67. The third-order valence-corrected chi connectivity index (χ3v) is 7.60. The van der Waals surface area contributed by atoms with E-state index in [1.807, 2.05) is 0 Å². The number of hydrogen-bond acceptors (Lipinski definition) is 8. The number of aliphatic hydroxyl groups is 1. The van der Waals surface area contributed by atoms with Crippen molar-refractivity contribution >= 4 is 33.4 Å². The quantitative estimate of drug-likeness (QED) is 0.219. The molecule has 1 heterocycles. The molecule has 1 saturated carbocycles. The van der Waals surface area contributed by atoms with E-state index in [2.05, 4.69) is 43.1 Å². The Morgan fingerprint density at radius 2 is 1.92 bits per heavy atom. The van der Waals surface area contributed by atoms with Crippen LogP contribution in [0.5, 0.6) is 0 Å². The van der Waals surface area contributed by atoms with Gasteiger partial charge in [-0.15, -0.1) is 11.3 Å². The number of thiazole rings is 1. The smallest absolute Gasteiger partial charge is 0.220 e. The fourth-order valence-corrected chi connectivity index (χ4v) is 5.35. The number of hydrazine groups is 1. The number of rotatable bonds is 11. The van der Waals surface area contributed by atoms with Crippen molar-refractivity contribution in [2.75, 3.05) is 13.2 Å². The van der Waals surface area contributed by atoms with Crippen molar-refractivity contribution < 1.29 is 14.7 Å². The number of aliphatic hydroxyl groups excluding tert-OH is 1. The van der Waals surface area contributed by atoms with Crippen molar-refractivity contribution in [3.8, 4) is 0 Å². The molecule has 9 nitrogen and oxygen atoms in total. The summed E-state index contributed by atoms with van der Waals surface area (Å²) in [5.41, 5.74) is 13.0. The van der Waals surface area contributed by atoms with E-state index in [-0.39, 0.29) is 24.5 Å². The van der Waals surface area contributed by atoms with E-state index in [0.717, 1.165) is 23.4 Å². The summed E-state index contributed by atoms with van der Waals surface area (Å²) in [6.07, 6.45) is 8.80. The molecule has 1 aromatic heterocycles. The molecule has 37 heavy (non-hydrogen) atoms. The Morgan fingerprint density at radius 1 is 1.24 bits per heavy atom. The second-order valence-corrected chi connectivity index (χ2v) is 11.1. The number of nitrogens with one attached hydrogen (secondary N) is 1. The topological polar surface area (TPSA) is 161 Å². The first kappa shape index (κ1) is 30.5. The van der Waals surface area contributed by atoms with Gasteiger partial charge in [0.15, 0.2) is 0 Å². The molecule has 0 bridgehead atoms. The Hall–Kier alpha value is -2.69. The van der Waals surface area contributed by atoms with Gasteiger partial charge >= 0.3 is 0 Å². The predicted octanol–water partition coefficient (Wildman–Crippen LogP) is 3.27. The molecule has 2 aromatic rings. The lowest BCUT2D eigenvalue weighted by Crippen LogP contribution is -2.49. The standard InChI is InChI=1S/C24H37N5O2S.C3H7NO/c1-16(2)18-8-9-20-22(12-18)32-24(28-20)11-10-23(31)27-21(17-6-4-3-5-7-17)14-29(26)13-19(25)15-30;1-2-3(4)5/h8-9,12-13,16-17,21,30H,3-7,10-11,14-15,25-26H2,1-2H3,(H,27,31);2H2,1H3,(H2,4,5)/b19-13-;/t21-;/m1./s1. The van der Waals surface area contributed by atoms with E-state index in [1.54, 1.807) is 18.3 Å². The van der Waals surface area contributed by atoms with Gasteiger partial charge in [0.1, 0.15) is 0 Å². The average Bonchev–Trinajstić information content (AvgIpc) is 3.30. The van der Waals surface area contributed by atoms with Crippen LogP contribution in [0.25, 0.3) is 10.2 Å². The van der Waals surface area contributed by atoms with Crippen LogP contribution >= 0.6 is 11.3 Å². The first-order chi connectivity index (χ1) is 17.6. The second kappa shape index (κ2) is 15.5. The van der Waals surface area contributed by atoms with Crippen molar-refractivity contribution in [2.24, 2.45) is 23.2 Å². The molecule has 10 heteroatoms. The number of aryl methyl sites for hydroxylation is 1. The maximum absolute atomic E-state index is 12.8. The van der Waals surface area contributed by atoms with Crippen molar-refractivity contribution in [3.63, 3.8) is 0 Å². The molecule has 1 fully saturated rings. The number of nitrogens with two attached hydrogens (primary N) is 3. The van der Waals surface area contributed by atoms with E-state index in [1.165, 1.54) is 40.7 Å². The highest BCUT2D eigenvalue weighted by Gasteiger charge is 2.26. The van der Waals surface area contributed by atoms with Crippen molar-refractivity contribution in [2.45, 2.75) is 84.1 Å². The molecule has 206 valence electrons. The summed E-state index contributed by atoms with van der Waals surface area (Å²) < 4.78 is 1.18. The van der Waals surface area contributed by atoms with Gasteiger partial charge in [-0.25, -0.2) is 10.8 Å². The minimum Gasteiger partial charge on any atom is -0.399 e. The summed E-state index contributed by atoms with van der Waals surface area (Å²) in [6.45, 7) is 6.33. The largest absolute Gasteiger partial charge is 0.399 e. The molecule has 8 N–H and O–H groups in total. The number of carbonyl (C=O) groups excluding carboxylic acids is 2. The van der Waals surface area contributed by atoms with Gasteiger partial charge in [-0.1, -0.05) is 46.1 Å². The summed E-state index contributed by atoms with van der Waals surface area (Å²) in [5.74, 6) is 6.74. The summed E-state index contributed by atoms with van der Waals surface area (Å²) in [7, 11) is 0. The highest BCUT2D eigenvalue weighted by atomic mass is 32.1. The number of nitrogens with zero attached hydrogens (tertiary/aromatic N) is 2. The van der Waals surface area contributed by atoms with Crippen LogP contribution in [0.2, 0.25) is 0 Å². The normalized spacial score (nSPS) is 15.2. The van der Waals surface area contributed by atoms with E-state index in [0.29, 0.717) is 43.3 Å². The van der Waals surface area contributed by atoms with Gasteiger partial charge in [-0.3, -0.25) is 9.59 Å². The molecule has 0 radical (unpaired) electrons. The van der Waals surface area contributed by atoms with Gasteiger partial charge in [0.2, 0.25) is 11.8 Å². The predicted molar refractivity (Wildman–Crippen MR) is 150 cm³/mol. The van der Waals surface area contributed by atoms with E-state index >= 15 is 0 Å². The van der Waals surface area contributed by atoms with E-state index in [4.69, 9.17) is 21.7 Å². The van der Waals surface area contributed by atoms with Crippen LogP contribution in [-0.4, -0.2) is 46.1 Å². The Labute approximate surface area is 224 Å². The Kier molecular flexibility index (Phi) is 12.8. The highest BCUT2D eigenvalue weighted by molar-refractivity contribution is 7.18. The monoisotopic (exact) mass is 532 g/mol. The number of aromatic nitrogens is 1. The number of benzene rings is 1. The molecule has 0 unspecified atom stereocenters. The molecule has 2 amide bonds. The summed E-state index contributed by atoms with van der Waals surface area (Å²) in [4.78, 5) is 27.1. The molecule has 1 aliphatic rings. The third kappa shape index (κ3) is 10.7. The zero-order chi connectivity index (χ0) is 27.4. The molecule has 0 spiro atoms. The van der Waals surface area contributed by atoms with Gasteiger partial charge in [0.05, 0.1) is 40.1 Å². The molecule has 0 saturated heterocycles. The van der Waals surface area contributed by atoms with Crippen LogP contribution in [0.15, 0.2) is 30.1 Å². The lowest BCUT2D eigenvalue weighted by atomic mass is 9.83. The SMILES string of the molecule is CC(C)c1ccc2nc(CCC(=O)N[C@H](CN(N)/C=C(\N)CO)C3CCCCC3)sc2c1.CCC(N)=O. The van der Waals surface area contributed by atoms with Crippen molar-refractivity contribution in [1.82, 2.24) is 15.3 Å². The Bertz CT molecular complexity index is 1030. The van der Waals surface area contributed by atoms with Crippen LogP contribution in [0.3, 0.4) is 0 Å². The lowest BCUT2D eigenvalue weighted by molar-refractivity contribution is -0.122. The Morgan fingerprint density at radius 3 is 2.51 bits per heavy atom. The molecular formula is C27H44N6O3S. The number of carbonyl (C=O) groups is 2. The zero-order valence-corrected chi connectivity index (χ0v) is 23.2. The maximum atomic E-state index is 12.8. The fraction of sp³-hybridized carbons (Fsp3) is 0.593. The summed E-state index contributed by atoms with van der Waals surface area (Å²) in [5, 5.41) is 14.8. The fourth-order valence-electron chi connectivity index (χ4n) is 4.34. The van der Waals surface area contributed by atoms with Gasteiger partial charge < -0.3 is 26.9 Å². The minimum atomic E-state index is -0.245. The molecule has 1 atom stereocenters. The third-order valence-electron chi connectivity index (χ3n) is 6.52. The van der Waals surface area contributed by atoms with Crippen LogP contribution < -0.4 is 22.6 Å². The van der Waals surface area contributed by atoms with Gasteiger partial charge in [-0.2, -0.15) is 0 Å². The Balaban J connectivity index is 0.000000877. The van der Waals surface area contributed by atoms with Crippen LogP contribution in [0.4, 0.5) is 0 Å². The number of fused-ring (bicyclic) bond motifs is 1. The molecular weight excluding hydrogens is 488 g/mol. The van der Waals surface area contributed by atoms with E-state index in [9.17, 15) is 9.59 Å². The number of hydrogen-bond donors (Lipinski definition) is 5. The zero-order valence-electron chi connectivity index (χ0n) is 22.4.